The number of unbranched alkanes of at least 4 members (excludes halogenated alkanes) is 1. The molecule has 0 saturated carbocycles. The number of hydrogen-bond acceptors (Lipinski definition) is 6. The highest BCUT2D eigenvalue weighted by atomic mass is 32.2. The first-order valence-corrected chi connectivity index (χ1v) is 11.6. The Hall–Kier alpha value is -2.12. The highest BCUT2D eigenvalue weighted by Crippen LogP contribution is 2.51. The van der Waals surface area contributed by atoms with E-state index >= 15 is 0 Å². The first-order chi connectivity index (χ1) is 14.5. The van der Waals surface area contributed by atoms with E-state index in [1.165, 1.54) is 43.2 Å². The van der Waals surface area contributed by atoms with E-state index in [9.17, 15) is 9.50 Å². The average Bonchev–Trinajstić information content (AvgIpc) is 3.03. The molecule has 3 N–H and O–H groups in total. The lowest BCUT2D eigenvalue weighted by molar-refractivity contribution is 0.267. The lowest BCUT2D eigenvalue weighted by atomic mass is 10.0. The van der Waals surface area contributed by atoms with Gasteiger partial charge in [-0.25, -0.2) is 4.39 Å². The van der Waals surface area contributed by atoms with Crippen molar-refractivity contribution in [1.82, 2.24) is 0 Å². The van der Waals surface area contributed by atoms with Crippen molar-refractivity contribution in [2.24, 2.45) is 0 Å². The van der Waals surface area contributed by atoms with E-state index in [1.807, 2.05) is 11.9 Å². The number of thioether (sulfide) groups is 1. The molecule has 0 bridgehead atoms. The first-order valence-electron chi connectivity index (χ1n) is 10.7. The number of hydrogen-bond donors (Lipinski definition) is 2. The van der Waals surface area contributed by atoms with E-state index in [4.69, 9.17) is 10.5 Å². The van der Waals surface area contributed by atoms with Crippen LogP contribution in [-0.2, 0) is 6.42 Å². The number of nitrogens with two attached hydrogens (primary N) is 1. The Labute approximate surface area is 182 Å². The van der Waals surface area contributed by atoms with E-state index < -0.39 is 5.56 Å². The molecule has 0 radical (unpaired) electrons. The van der Waals surface area contributed by atoms with E-state index in [1.54, 1.807) is 12.1 Å². The van der Waals surface area contributed by atoms with Crippen molar-refractivity contribution in [3.05, 3.63) is 41.7 Å². The number of aliphatic hydroxyl groups is 1. The zero-order chi connectivity index (χ0) is 21.1. The topological polar surface area (TPSA) is 62.0 Å². The van der Waals surface area contributed by atoms with Crippen molar-refractivity contribution < 1.29 is 14.2 Å². The Balaban J connectivity index is 1.44. The molecular weight excluding hydrogens is 401 g/mol. The van der Waals surface area contributed by atoms with Gasteiger partial charge in [-0.05, 0) is 74.4 Å². The van der Waals surface area contributed by atoms with Crippen LogP contribution in [0.2, 0.25) is 0 Å². The summed E-state index contributed by atoms with van der Waals surface area (Å²) >= 11 is 1.49. The van der Waals surface area contributed by atoms with Crippen LogP contribution in [0.5, 0.6) is 5.75 Å². The lowest BCUT2D eigenvalue weighted by Crippen LogP contribution is -2.33. The van der Waals surface area contributed by atoms with Gasteiger partial charge in [0.1, 0.15) is 11.6 Å². The Kier molecular flexibility index (Phi) is 6.58. The normalized spacial score (nSPS) is 18.6. The molecule has 0 aromatic heterocycles. The number of nitrogens with zero attached hydrogens (tertiary/aromatic N) is 2. The van der Waals surface area contributed by atoms with E-state index in [2.05, 4.69) is 11.0 Å². The fourth-order valence-electron chi connectivity index (χ4n) is 4.22. The minimum atomic E-state index is -0.567. The van der Waals surface area contributed by atoms with Gasteiger partial charge < -0.3 is 25.4 Å². The van der Waals surface area contributed by atoms with Gasteiger partial charge in [0.05, 0.1) is 23.7 Å². The molecule has 2 aromatic carbocycles. The molecule has 2 aliphatic rings. The van der Waals surface area contributed by atoms with Crippen LogP contribution in [0, 0.1) is 5.82 Å². The monoisotopic (exact) mass is 431 g/mol. The van der Waals surface area contributed by atoms with E-state index in [0.29, 0.717) is 12.4 Å². The molecule has 1 saturated heterocycles. The maximum atomic E-state index is 13.0. The van der Waals surface area contributed by atoms with Gasteiger partial charge in [0.2, 0.25) is 0 Å². The smallest absolute Gasteiger partial charge is 0.180 e. The lowest BCUT2D eigenvalue weighted by Gasteiger charge is -2.34. The van der Waals surface area contributed by atoms with E-state index in [-0.39, 0.29) is 5.82 Å². The van der Waals surface area contributed by atoms with Gasteiger partial charge in [0.25, 0.3) is 0 Å². The van der Waals surface area contributed by atoms with Crippen molar-refractivity contribution in [1.29, 1.82) is 0 Å². The summed E-state index contributed by atoms with van der Waals surface area (Å²) in [7, 11) is 1.93. The molecule has 7 heteroatoms. The molecule has 1 atom stereocenters. The first kappa shape index (κ1) is 21.1. The number of fused-ring (bicyclic) bond motifs is 1. The van der Waals surface area contributed by atoms with Crippen LogP contribution < -0.4 is 20.3 Å². The molecular formula is C23H30FN3O2S. The molecule has 5 nitrogen and oxygen atoms in total. The second-order valence-corrected chi connectivity index (χ2v) is 9.10. The second kappa shape index (κ2) is 9.35. The molecule has 2 aromatic rings. The Morgan fingerprint density at radius 3 is 2.60 bits per heavy atom. The van der Waals surface area contributed by atoms with Gasteiger partial charge >= 0.3 is 0 Å². The third kappa shape index (κ3) is 4.47. The maximum Gasteiger partial charge on any atom is 0.180 e. The Morgan fingerprint density at radius 2 is 1.87 bits per heavy atom. The zero-order valence-electron chi connectivity index (χ0n) is 17.4. The molecule has 4 rings (SSSR count). The number of aliphatic hydroxyl groups excluding tert-OH is 1. The number of ether oxygens (including phenoxy) is 1. The van der Waals surface area contributed by atoms with Crippen LogP contribution >= 0.6 is 11.8 Å². The summed E-state index contributed by atoms with van der Waals surface area (Å²) in [4.78, 5) is 5.44. The van der Waals surface area contributed by atoms with Crippen LogP contribution in [0.4, 0.5) is 21.5 Å². The highest BCUT2D eigenvalue weighted by Gasteiger charge is 2.33. The number of halogens is 1. The zero-order valence-corrected chi connectivity index (χ0v) is 18.3. The highest BCUT2D eigenvalue weighted by molar-refractivity contribution is 8.00. The maximum absolute atomic E-state index is 13.0. The van der Waals surface area contributed by atoms with Crippen molar-refractivity contribution in [3.8, 4) is 5.75 Å². The van der Waals surface area contributed by atoms with Crippen LogP contribution in [0.1, 0.15) is 37.7 Å². The summed E-state index contributed by atoms with van der Waals surface area (Å²) in [5.74, 6) is 0.432. The Bertz CT molecular complexity index is 872. The van der Waals surface area contributed by atoms with Gasteiger partial charge in [-0.3, -0.25) is 0 Å². The van der Waals surface area contributed by atoms with Gasteiger partial charge in [-0.2, -0.15) is 0 Å². The predicted molar refractivity (Wildman–Crippen MR) is 122 cm³/mol. The molecule has 162 valence electrons. The molecule has 1 unspecified atom stereocenters. The minimum absolute atomic E-state index is 0.257. The number of piperidine rings is 1. The molecule has 0 aliphatic carbocycles. The van der Waals surface area contributed by atoms with Crippen LogP contribution in [0.25, 0.3) is 0 Å². The van der Waals surface area contributed by atoms with Gasteiger partial charge in [0.15, 0.2) is 5.56 Å². The summed E-state index contributed by atoms with van der Waals surface area (Å²) < 4.78 is 18.7. The number of aryl methyl sites for hydroxylation is 1. The van der Waals surface area contributed by atoms with Crippen LogP contribution in [0.3, 0.4) is 0 Å². The van der Waals surface area contributed by atoms with Gasteiger partial charge in [-0.15, -0.1) is 0 Å². The molecule has 0 amide bonds. The third-order valence-electron chi connectivity index (χ3n) is 5.88. The number of nitrogen functional groups attached to an aromatic ring is 1. The third-order valence-corrected chi connectivity index (χ3v) is 6.97. The largest absolute Gasteiger partial charge is 0.494 e. The summed E-state index contributed by atoms with van der Waals surface area (Å²) in [5.41, 5.74) is 10.3. The predicted octanol–water partition coefficient (Wildman–Crippen LogP) is 4.62. The van der Waals surface area contributed by atoms with Gasteiger partial charge in [0, 0.05) is 25.0 Å². The second-order valence-electron chi connectivity index (χ2n) is 8.01. The fourth-order valence-corrected chi connectivity index (χ4v) is 5.27. The van der Waals surface area contributed by atoms with E-state index in [0.717, 1.165) is 59.9 Å². The summed E-state index contributed by atoms with van der Waals surface area (Å²) in [6, 6.07) is 8.27. The Morgan fingerprint density at radius 1 is 1.13 bits per heavy atom. The minimum Gasteiger partial charge on any atom is -0.494 e. The number of benzene rings is 2. The summed E-state index contributed by atoms with van der Waals surface area (Å²) in [6.45, 7) is 2.62. The molecule has 2 heterocycles. The van der Waals surface area contributed by atoms with Crippen LogP contribution in [-0.4, -0.2) is 37.4 Å². The molecule has 30 heavy (non-hydrogen) atoms. The molecule has 0 spiro atoms. The van der Waals surface area contributed by atoms with Crippen molar-refractivity contribution in [2.45, 2.75) is 49.0 Å². The number of rotatable bonds is 7. The van der Waals surface area contributed by atoms with Gasteiger partial charge in [-0.1, -0.05) is 11.8 Å². The van der Waals surface area contributed by atoms with Crippen LogP contribution in [0.15, 0.2) is 35.2 Å². The molecule has 2 aliphatic heterocycles. The van der Waals surface area contributed by atoms with Crippen molar-refractivity contribution in [2.75, 3.05) is 42.3 Å². The number of anilines is 3. The van der Waals surface area contributed by atoms with Crippen molar-refractivity contribution >= 4 is 28.8 Å². The van der Waals surface area contributed by atoms with Crippen molar-refractivity contribution in [3.63, 3.8) is 0 Å². The summed E-state index contributed by atoms with van der Waals surface area (Å²) in [6.07, 6.45) is 6.33. The standard InChI is InChI=1S/C23H30FN3O2S/c1-26-21-19(30-23(26)28)15-16(20(25)22(21)27-12-4-2-5-13-27)7-3-6-14-29-18-10-8-17(24)9-11-18/h8-11,15,23,28H,2-7,12-14,25H2,1H3. The average molecular weight is 432 g/mol. The quantitative estimate of drug-likeness (QED) is 0.493. The SMILES string of the molecule is CN1c2c(cc(CCCCOc3ccc(F)cc3)c(N)c2N2CCCCC2)SC1O. The fraction of sp³-hybridized carbons (Fsp3) is 0.478. The summed E-state index contributed by atoms with van der Waals surface area (Å²) in [5, 5.41) is 10.4. The molecule has 1 fully saturated rings.